The van der Waals surface area contributed by atoms with Crippen LogP contribution in [-0.4, -0.2) is 5.91 Å². The third kappa shape index (κ3) is 2.44. The Kier molecular flexibility index (Phi) is 3.26. The molecule has 1 rings (SSSR count). The molecule has 1 amide bonds. The average molecular weight is 175 g/mol. The van der Waals surface area contributed by atoms with Crippen molar-refractivity contribution in [1.82, 2.24) is 5.32 Å². The van der Waals surface area contributed by atoms with Crippen LogP contribution in [0.15, 0.2) is 48.7 Å². The van der Waals surface area contributed by atoms with Crippen molar-refractivity contribution in [2.75, 3.05) is 0 Å². The first-order chi connectivity index (χ1) is 6.27. The molecule has 2 heteroatoms. The first-order valence-electron chi connectivity index (χ1n) is 4.22. The third-order valence-corrected chi connectivity index (χ3v) is 1.89. The Morgan fingerprint density at radius 3 is 2.69 bits per heavy atom. The number of allylic oxidation sites excluding steroid dienone is 5. The van der Waals surface area contributed by atoms with Gasteiger partial charge in [0.25, 0.3) is 0 Å². The summed E-state index contributed by atoms with van der Waals surface area (Å²) >= 11 is 0. The van der Waals surface area contributed by atoms with Crippen LogP contribution in [0.3, 0.4) is 0 Å². The van der Waals surface area contributed by atoms with Crippen molar-refractivity contribution in [2.24, 2.45) is 0 Å². The van der Waals surface area contributed by atoms with Gasteiger partial charge in [0.15, 0.2) is 0 Å². The molecular formula is C11H13NO. The van der Waals surface area contributed by atoms with Gasteiger partial charge >= 0.3 is 0 Å². The number of nitrogens with one attached hydrogen (secondary N) is 1. The molecule has 0 saturated heterocycles. The zero-order valence-corrected chi connectivity index (χ0v) is 7.55. The van der Waals surface area contributed by atoms with Crippen molar-refractivity contribution in [3.8, 4) is 0 Å². The summed E-state index contributed by atoms with van der Waals surface area (Å²) in [6, 6.07) is 0. The molecular weight excluding hydrogens is 162 g/mol. The van der Waals surface area contributed by atoms with E-state index in [4.69, 9.17) is 0 Å². The van der Waals surface area contributed by atoms with Crippen LogP contribution < -0.4 is 5.32 Å². The average Bonchev–Trinajstić information content (AvgIpc) is 2.15. The van der Waals surface area contributed by atoms with Crippen molar-refractivity contribution >= 4 is 5.91 Å². The van der Waals surface area contributed by atoms with Gasteiger partial charge in [-0.2, -0.15) is 0 Å². The Balaban J connectivity index is 2.89. The van der Waals surface area contributed by atoms with E-state index < -0.39 is 0 Å². The van der Waals surface area contributed by atoms with Gasteiger partial charge in [-0.15, -0.1) is 0 Å². The van der Waals surface area contributed by atoms with Crippen LogP contribution in [-0.2, 0) is 4.79 Å². The molecule has 13 heavy (non-hydrogen) atoms. The maximum Gasteiger partial charge on any atom is 0.224 e. The summed E-state index contributed by atoms with van der Waals surface area (Å²) in [4.78, 5) is 11.1. The van der Waals surface area contributed by atoms with E-state index in [1.54, 1.807) is 18.2 Å². The van der Waals surface area contributed by atoms with Gasteiger partial charge < -0.3 is 5.32 Å². The lowest BCUT2D eigenvalue weighted by molar-refractivity contribution is -0.120. The van der Waals surface area contributed by atoms with Gasteiger partial charge in [0, 0.05) is 12.1 Å². The maximum absolute atomic E-state index is 11.1. The second kappa shape index (κ2) is 4.45. The summed E-state index contributed by atoms with van der Waals surface area (Å²) < 4.78 is 0. The van der Waals surface area contributed by atoms with Gasteiger partial charge in [0.05, 0.1) is 0 Å². The number of rotatable bonds is 3. The van der Waals surface area contributed by atoms with E-state index in [9.17, 15) is 4.79 Å². The number of hydrogen-bond acceptors (Lipinski definition) is 1. The molecule has 1 aliphatic heterocycles. The molecule has 0 bridgehead atoms. The Morgan fingerprint density at radius 2 is 2.08 bits per heavy atom. The number of amides is 1. The molecule has 68 valence electrons. The first-order valence-corrected chi connectivity index (χ1v) is 4.22. The lowest BCUT2D eigenvalue weighted by atomic mass is 10.0. The van der Waals surface area contributed by atoms with E-state index in [1.165, 1.54) is 0 Å². The van der Waals surface area contributed by atoms with Crippen molar-refractivity contribution < 1.29 is 4.79 Å². The second-order valence-corrected chi connectivity index (χ2v) is 2.79. The minimum Gasteiger partial charge on any atom is -0.326 e. The van der Waals surface area contributed by atoms with E-state index in [-0.39, 0.29) is 5.91 Å². The fourth-order valence-electron chi connectivity index (χ4n) is 1.20. The van der Waals surface area contributed by atoms with E-state index in [0.717, 1.165) is 17.7 Å². The Labute approximate surface area is 78.3 Å². The summed E-state index contributed by atoms with van der Waals surface area (Å²) in [6.07, 6.45) is 8.40. The summed E-state index contributed by atoms with van der Waals surface area (Å²) in [5.74, 6) is 0.0642. The molecule has 1 N–H and O–H groups in total. The van der Waals surface area contributed by atoms with Crippen LogP contribution >= 0.6 is 0 Å². The van der Waals surface area contributed by atoms with Gasteiger partial charge in [-0.05, 0) is 18.1 Å². The van der Waals surface area contributed by atoms with E-state index in [2.05, 4.69) is 18.5 Å². The van der Waals surface area contributed by atoms with Crippen LogP contribution in [0.5, 0.6) is 0 Å². The van der Waals surface area contributed by atoms with Crippen molar-refractivity contribution in [2.45, 2.75) is 12.8 Å². The zero-order valence-electron chi connectivity index (χ0n) is 7.55. The first kappa shape index (κ1) is 9.52. The second-order valence-electron chi connectivity index (χ2n) is 2.79. The highest BCUT2D eigenvalue weighted by Gasteiger charge is 2.12. The van der Waals surface area contributed by atoms with Crippen LogP contribution in [0.1, 0.15) is 12.8 Å². The monoisotopic (exact) mass is 175 g/mol. The summed E-state index contributed by atoms with van der Waals surface area (Å²) in [6.45, 7) is 7.27. The van der Waals surface area contributed by atoms with Gasteiger partial charge in [-0.1, -0.05) is 31.4 Å². The van der Waals surface area contributed by atoms with Crippen LogP contribution in [0.2, 0.25) is 0 Å². The predicted octanol–water partition coefficient (Wildman–Crippen LogP) is 2.08. The van der Waals surface area contributed by atoms with Crippen LogP contribution in [0.25, 0.3) is 0 Å². The fourth-order valence-corrected chi connectivity index (χ4v) is 1.20. The van der Waals surface area contributed by atoms with E-state index in [0.29, 0.717) is 6.42 Å². The third-order valence-electron chi connectivity index (χ3n) is 1.89. The quantitative estimate of drug-likeness (QED) is 0.654. The smallest absolute Gasteiger partial charge is 0.224 e. The molecule has 0 fully saturated rings. The number of carbonyl (C=O) groups excluding carboxylic acids is 1. The highest BCUT2D eigenvalue weighted by Crippen LogP contribution is 2.16. The highest BCUT2D eigenvalue weighted by molar-refractivity contribution is 5.80. The standard InChI is InChI=1S/C11H13NO/c1-3-5-6-10-9(4-2)7-8-11(13)12-10/h3-6H,1-2,7-8H2,(H,12,13)/b6-5-. The molecule has 0 atom stereocenters. The zero-order chi connectivity index (χ0) is 9.68. The Hall–Kier alpha value is -1.57. The van der Waals surface area contributed by atoms with Crippen molar-refractivity contribution in [1.29, 1.82) is 0 Å². The molecule has 0 aromatic rings. The lowest BCUT2D eigenvalue weighted by Gasteiger charge is -2.16. The van der Waals surface area contributed by atoms with E-state index in [1.807, 2.05) is 6.08 Å². The van der Waals surface area contributed by atoms with Crippen LogP contribution in [0.4, 0.5) is 0 Å². The van der Waals surface area contributed by atoms with Crippen molar-refractivity contribution in [3.05, 3.63) is 48.7 Å². The van der Waals surface area contributed by atoms with Gasteiger partial charge in [0.2, 0.25) is 5.91 Å². The Bertz CT molecular complexity index is 297. The van der Waals surface area contributed by atoms with Crippen LogP contribution in [0, 0.1) is 0 Å². The number of hydrogen-bond donors (Lipinski definition) is 1. The normalized spacial score (nSPS) is 17.4. The molecule has 0 radical (unpaired) electrons. The van der Waals surface area contributed by atoms with Crippen molar-refractivity contribution in [3.63, 3.8) is 0 Å². The lowest BCUT2D eigenvalue weighted by Crippen LogP contribution is -2.26. The maximum atomic E-state index is 11.1. The SMILES string of the molecule is C=C/C=C\C1=C(C=C)CCC(=O)N1. The molecule has 0 aromatic heterocycles. The largest absolute Gasteiger partial charge is 0.326 e. The highest BCUT2D eigenvalue weighted by atomic mass is 16.1. The minimum atomic E-state index is 0.0642. The van der Waals surface area contributed by atoms with Gasteiger partial charge in [0.1, 0.15) is 0 Å². The van der Waals surface area contributed by atoms with E-state index >= 15 is 0 Å². The number of carbonyl (C=O) groups is 1. The molecule has 0 aromatic carbocycles. The Morgan fingerprint density at radius 1 is 1.31 bits per heavy atom. The fraction of sp³-hybridized carbons (Fsp3) is 0.182. The molecule has 2 nitrogen and oxygen atoms in total. The molecule has 0 saturated carbocycles. The molecule has 1 aliphatic rings. The van der Waals surface area contributed by atoms with Gasteiger partial charge in [-0.25, -0.2) is 0 Å². The predicted molar refractivity (Wildman–Crippen MR) is 53.9 cm³/mol. The topological polar surface area (TPSA) is 29.1 Å². The molecule has 1 heterocycles. The van der Waals surface area contributed by atoms with Gasteiger partial charge in [-0.3, -0.25) is 4.79 Å². The molecule has 0 unspecified atom stereocenters. The summed E-state index contributed by atoms with van der Waals surface area (Å²) in [5, 5.41) is 2.79. The summed E-state index contributed by atoms with van der Waals surface area (Å²) in [5.41, 5.74) is 1.92. The summed E-state index contributed by atoms with van der Waals surface area (Å²) in [7, 11) is 0. The molecule has 0 aliphatic carbocycles. The molecule has 0 spiro atoms. The minimum absolute atomic E-state index is 0.0642.